The van der Waals surface area contributed by atoms with Crippen molar-refractivity contribution in [1.29, 1.82) is 0 Å². The third-order valence-electron chi connectivity index (χ3n) is 1.83. The third kappa shape index (κ3) is 1.09. The summed E-state index contributed by atoms with van der Waals surface area (Å²) in [5.74, 6) is 0.330. The Morgan fingerprint density at radius 2 is 2.27 bits per heavy atom. The van der Waals surface area contributed by atoms with Gasteiger partial charge >= 0.3 is 0 Å². The second-order valence-corrected chi connectivity index (χ2v) is 3.55. The number of hydrogen-bond donors (Lipinski definition) is 0. The lowest BCUT2D eigenvalue weighted by atomic mass is 9.95. The molecule has 0 fully saturated rings. The molecule has 2 nitrogen and oxygen atoms in total. The lowest BCUT2D eigenvalue weighted by Gasteiger charge is -2.09. The molecule has 1 heterocycles. The Morgan fingerprint density at radius 3 is 3.09 bits per heavy atom. The van der Waals surface area contributed by atoms with Gasteiger partial charge in [-0.25, -0.2) is 0 Å². The second-order valence-electron chi connectivity index (χ2n) is 2.63. The summed E-state index contributed by atoms with van der Waals surface area (Å²) < 4.78 is 1.07. The highest BCUT2D eigenvalue weighted by atomic mass is 79.9. The van der Waals surface area contributed by atoms with Gasteiger partial charge in [0.25, 0.3) is 0 Å². The topological polar surface area (TPSA) is 24.7 Å². The molecule has 0 saturated carbocycles. The monoisotopic (exact) mass is 210 g/mol. The molecule has 0 radical (unpaired) electrons. The molecule has 1 atom stereocenters. The number of fused-ring (bicyclic) bond motifs is 1. The van der Waals surface area contributed by atoms with Crippen LogP contribution in [-0.4, -0.2) is 11.4 Å². The number of allylic oxidation sites excluding steroid dienone is 4. The van der Waals surface area contributed by atoms with Gasteiger partial charge in [-0.15, -0.1) is 0 Å². The smallest absolute Gasteiger partial charge is 0.0767 e. The lowest BCUT2D eigenvalue weighted by molar-refractivity contribution is 1.22. The summed E-state index contributed by atoms with van der Waals surface area (Å²) >= 11 is 3.39. The van der Waals surface area contributed by atoms with Gasteiger partial charge in [0.1, 0.15) is 0 Å². The van der Waals surface area contributed by atoms with Crippen molar-refractivity contribution in [1.82, 2.24) is 0 Å². The van der Waals surface area contributed by atoms with Gasteiger partial charge in [-0.3, -0.25) is 0 Å². The van der Waals surface area contributed by atoms with E-state index in [9.17, 15) is 0 Å². The van der Waals surface area contributed by atoms with Gasteiger partial charge in [0.2, 0.25) is 0 Å². The van der Waals surface area contributed by atoms with Gasteiger partial charge < -0.3 is 0 Å². The maximum absolute atomic E-state index is 4.04. The number of hydrogen-bond acceptors (Lipinski definition) is 2. The molecule has 1 aliphatic heterocycles. The summed E-state index contributed by atoms with van der Waals surface area (Å²) in [4.78, 5) is 0. The zero-order chi connectivity index (χ0) is 7.84. The standard InChI is InChI=1S/C8H7BrN2/c1-5-7-3-2-6(9)4-8(7)11-10-5/h2-4,7H,1H3/t7-/m0/s1. The largest absolute Gasteiger partial charge is 0.159 e. The highest BCUT2D eigenvalue weighted by Crippen LogP contribution is 2.22. The number of rotatable bonds is 0. The number of nitrogens with zero attached hydrogens (tertiary/aromatic N) is 2. The van der Waals surface area contributed by atoms with Gasteiger partial charge in [0.15, 0.2) is 0 Å². The molecule has 11 heavy (non-hydrogen) atoms. The molecule has 2 aliphatic rings. The van der Waals surface area contributed by atoms with E-state index in [0.29, 0.717) is 5.92 Å². The summed E-state index contributed by atoms with van der Waals surface area (Å²) in [6.07, 6.45) is 6.15. The maximum Gasteiger partial charge on any atom is 0.0767 e. The average molecular weight is 211 g/mol. The lowest BCUT2D eigenvalue weighted by Crippen LogP contribution is -2.15. The van der Waals surface area contributed by atoms with Crippen LogP contribution < -0.4 is 0 Å². The minimum Gasteiger partial charge on any atom is -0.159 e. The maximum atomic E-state index is 4.04. The van der Waals surface area contributed by atoms with Crippen molar-refractivity contribution in [3.05, 3.63) is 22.7 Å². The van der Waals surface area contributed by atoms with E-state index in [1.54, 1.807) is 0 Å². The molecule has 3 heteroatoms. The molecule has 1 aliphatic carbocycles. The van der Waals surface area contributed by atoms with Crippen molar-refractivity contribution in [3.63, 3.8) is 0 Å². The van der Waals surface area contributed by atoms with Crippen LogP contribution in [0.2, 0.25) is 0 Å². The normalized spacial score (nSPS) is 27.5. The van der Waals surface area contributed by atoms with Crippen LogP contribution in [0.15, 0.2) is 32.9 Å². The Morgan fingerprint density at radius 1 is 1.45 bits per heavy atom. The van der Waals surface area contributed by atoms with E-state index in [2.05, 4.69) is 32.2 Å². The van der Waals surface area contributed by atoms with Crippen molar-refractivity contribution >= 4 is 27.4 Å². The summed E-state index contributed by atoms with van der Waals surface area (Å²) in [7, 11) is 0. The second kappa shape index (κ2) is 2.41. The summed E-state index contributed by atoms with van der Waals surface area (Å²) in [5.41, 5.74) is 2.12. The summed E-state index contributed by atoms with van der Waals surface area (Å²) in [6, 6.07) is 0. The third-order valence-corrected chi connectivity index (χ3v) is 2.32. The van der Waals surface area contributed by atoms with Crippen LogP contribution in [-0.2, 0) is 0 Å². The van der Waals surface area contributed by atoms with Crippen LogP contribution >= 0.6 is 15.9 Å². The highest BCUT2D eigenvalue weighted by molar-refractivity contribution is 9.11. The predicted octanol–water partition coefficient (Wildman–Crippen LogP) is 2.28. The fraction of sp³-hybridized carbons (Fsp3) is 0.250. The van der Waals surface area contributed by atoms with Gasteiger partial charge in [0, 0.05) is 4.48 Å². The minimum absolute atomic E-state index is 0.330. The molecular formula is C8H7BrN2. The molecule has 0 aromatic heterocycles. The van der Waals surface area contributed by atoms with Crippen LogP contribution in [0, 0.1) is 5.92 Å². The molecule has 0 aromatic rings. The molecule has 0 spiro atoms. The first kappa shape index (κ1) is 6.98. The van der Waals surface area contributed by atoms with E-state index < -0.39 is 0 Å². The van der Waals surface area contributed by atoms with Gasteiger partial charge in [-0.1, -0.05) is 28.1 Å². The zero-order valence-corrected chi connectivity index (χ0v) is 7.67. The number of halogens is 1. The fourth-order valence-electron chi connectivity index (χ4n) is 1.21. The van der Waals surface area contributed by atoms with Crippen LogP contribution in [0.5, 0.6) is 0 Å². The van der Waals surface area contributed by atoms with E-state index in [4.69, 9.17) is 0 Å². The molecule has 0 N–H and O–H groups in total. The van der Waals surface area contributed by atoms with Crippen molar-refractivity contribution in [3.8, 4) is 0 Å². The first-order valence-electron chi connectivity index (χ1n) is 3.45. The summed E-state index contributed by atoms with van der Waals surface area (Å²) in [6.45, 7) is 2.00. The van der Waals surface area contributed by atoms with Gasteiger partial charge in [-0.05, 0) is 13.0 Å². The van der Waals surface area contributed by atoms with Gasteiger partial charge in [0.05, 0.1) is 17.3 Å². The van der Waals surface area contributed by atoms with E-state index in [1.807, 2.05) is 19.1 Å². The van der Waals surface area contributed by atoms with Crippen molar-refractivity contribution in [2.24, 2.45) is 16.1 Å². The Balaban J connectivity index is 2.38. The average Bonchev–Trinajstić information content (AvgIpc) is 2.32. The molecule has 0 unspecified atom stereocenters. The van der Waals surface area contributed by atoms with Crippen molar-refractivity contribution < 1.29 is 0 Å². The van der Waals surface area contributed by atoms with Crippen LogP contribution in [0.3, 0.4) is 0 Å². The van der Waals surface area contributed by atoms with Crippen LogP contribution in [0.25, 0.3) is 0 Å². The molecule has 0 amide bonds. The molecule has 2 rings (SSSR count). The first-order chi connectivity index (χ1) is 5.27. The van der Waals surface area contributed by atoms with Crippen molar-refractivity contribution in [2.75, 3.05) is 0 Å². The molecular weight excluding hydrogens is 204 g/mol. The predicted molar refractivity (Wildman–Crippen MR) is 50.2 cm³/mol. The van der Waals surface area contributed by atoms with Gasteiger partial charge in [-0.2, -0.15) is 10.2 Å². The molecule has 56 valence electrons. The Labute approximate surface area is 73.5 Å². The SMILES string of the molecule is CC1=NN=C2C=C(Br)C=C[C@@H]12. The Kier molecular flexibility index (Phi) is 1.53. The quantitative estimate of drug-likeness (QED) is 0.587. The van der Waals surface area contributed by atoms with E-state index in [1.165, 1.54) is 0 Å². The van der Waals surface area contributed by atoms with Crippen molar-refractivity contribution in [2.45, 2.75) is 6.92 Å². The molecule has 0 bridgehead atoms. The molecule has 0 saturated heterocycles. The zero-order valence-electron chi connectivity index (χ0n) is 6.08. The summed E-state index contributed by atoms with van der Waals surface area (Å²) in [5, 5.41) is 8.04. The first-order valence-corrected chi connectivity index (χ1v) is 4.24. The van der Waals surface area contributed by atoms with E-state index in [0.717, 1.165) is 15.9 Å². The van der Waals surface area contributed by atoms with E-state index >= 15 is 0 Å². The molecule has 0 aromatic carbocycles. The fourth-order valence-corrected chi connectivity index (χ4v) is 1.60. The van der Waals surface area contributed by atoms with E-state index in [-0.39, 0.29) is 0 Å². The van der Waals surface area contributed by atoms with Crippen LogP contribution in [0.1, 0.15) is 6.92 Å². The van der Waals surface area contributed by atoms with Crippen LogP contribution in [0.4, 0.5) is 0 Å². The minimum atomic E-state index is 0.330. The Bertz CT molecular complexity index is 310. The Hall–Kier alpha value is -0.700. The highest BCUT2D eigenvalue weighted by Gasteiger charge is 2.22.